The Kier molecular flexibility index (Phi) is 6.50. The summed E-state index contributed by atoms with van der Waals surface area (Å²) in [6.45, 7) is 0. The van der Waals surface area contributed by atoms with Crippen molar-refractivity contribution in [1.29, 1.82) is 5.26 Å². The number of rotatable bonds is 6. The number of ether oxygens (including phenoxy) is 2. The Balaban J connectivity index is 2.20. The van der Waals surface area contributed by atoms with E-state index in [1.807, 2.05) is 0 Å². The van der Waals surface area contributed by atoms with Crippen molar-refractivity contribution in [1.82, 2.24) is 0 Å². The number of hydrogen-bond acceptors (Lipinski definition) is 5. The maximum absolute atomic E-state index is 13.0. The second-order valence-corrected chi connectivity index (χ2v) is 5.38. The molecule has 146 valence electrons. The summed E-state index contributed by atoms with van der Waals surface area (Å²) in [5.41, 5.74) is -1.37. The molecule has 9 heteroatoms. The van der Waals surface area contributed by atoms with Crippen molar-refractivity contribution in [2.24, 2.45) is 0 Å². The third kappa shape index (κ3) is 4.94. The summed E-state index contributed by atoms with van der Waals surface area (Å²) in [7, 11) is 2.92. The van der Waals surface area contributed by atoms with Crippen LogP contribution in [0.25, 0.3) is 0 Å². The number of anilines is 2. The van der Waals surface area contributed by atoms with E-state index in [9.17, 15) is 23.2 Å². The maximum Gasteiger partial charge on any atom is 0.418 e. The lowest BCUT2D eigenvalue weighted by Crippen LogP contribution is -2.18. The number of para-hydroxylation sites is 1. The van der Waals surface area contributed by atoms with Crippen molar-refractivity contribution in [3.05, 3.63) is 59.8 Å². The second-order valence-electron chi connectivity index (χ2n) is 5.38. The standard InChI is InChI=1S/C19H16F3N3O3/c1-27-16-8-7-13(9-17(16)28-2)24-11-12(10-23)18(26)25-15-6-4-3-5-14(15)19(20,21)22/h3-9,11,24H,1-2H3,(H,25,26)/b12-11-. The molecule has 0 bridgehead atoms. The minimum absolute atomic E-state index is 0.410. The fourth-order valence-corrected chi connectivity index (χ4v) is 2.26. The van der Waals surface area contributed by atoms with Crippen LogP contribution in [0.1, 0.15) is 5.56 Å². The van der Waals surface area contributed by atoms with Gasteiger partial charge in [-0.15, -0.1) is 0 Å². The van der Waals surface area contributed by atoms with Crippen LogP contribution < -0.4 is 20.1 Å². The highest BCUT2D eigenvalue weighted by Gasteiger charge is 2.33. The van der Waals surface area contributed by atoms with E-state index in [4.69, 9.17) is 9.47 Å². The lowest BCUT2D eigenvalue weighted by Gasteiger charge is -2.13. The van der Waals surface area contributed by atoms with Gasteiger partial charge in [-0.1, -0.05) is 12.1 Å². The van der Waals surface area contributed by atoms with E-state index in [1.54, 1.807) is 24.3 Å². The molecule has 2 aromatic rings. The molecule has 2 rings (SSSR count). The zero-order valence-corrected chi connectivity index (χ0v) is 14.9. The number of halogens is 3. The summed E-state index contributed by atoms with van der Waals surface area (Å²) in [6, 6.07) is 11.0. The smallest absolute Gasteiger partial charge is 0.418 e. The van der Waals surface area contributed by atoms with E-state index in [-0.39, 0.29) is 0 Å². The Morgan fingerprint density at radius 3 is 2.39 bits per heavy atom. The molecular formula is C19H16F3N3O3. The number of nitriles is 1. The van der Waals surface area contributed by atoms with Crippen LogP contribution >= 0.6 is 0 Å². The van der Waals surface area contributed by atoms with Crippen molar-refractivity contribution in [2.75, 3.05) is 24.9 Å². The quantitative estimate of drug-likeness (QED) is 0.570. The SMILES string of the molecule is COc1ccc(N/C=C(/C#N)C(=O)Nc2ccccc2C(F)(F)F)cc1OC. The number of nitrogens with zero attached hydrogens (tertiary/aromatic N) is 1. The molecule has 0 atom stereocenters. The molecule has 28 heavy (non-hydrogen) atoms. The lowest BCUT2D eigenvalue weighted by molar-refractivity contribution is -0.137. The van der Waals surface area contributed by atoms with E-state index in [0.29, 0.717) is 17.2 Å². The van der Waals surface area contributed by atoms with Gasteiger partial charge in [-0.25, -0.2) is 0 Å². The number of carbonyl (C=O) groups is 1. The molecule has 0 saturated heterocycles. The molecule has 0 aliphatic carbocycles. The molecule has 0 fully saturated rings. The molecule has 2 N–H and O–H groups in total. The zero-order chi connectivity index (χ0) is 20.7. The van der Waals surface area contributed by atoms with Gasteiger partial charge in [0.25, 0.3) is 5.91 Å². The van der Waals surface area contributed by atoms with Gasteiger partial charge in [0.2, 0.25) is 0 Å². The second kappa shape index (κ2) is 8.81. The van der Waals surface area contributed by atoms with Crippen LogP contribution in [0.5, 0.6) is 11.5 Å². The summed E-state index contributed by atoms with van der Waals surface area (Å²) in [4.78, 5) is 12.2. The number of alkyl halides is 3. The van der Waals surface area contributed by atoms with E-state index in [2.05, 4.69) is 10.6 Å². The van der Waals surface area contributed by atoms with Gasteiger partial charge < -0.3 is 20.1 Å². The molecule has 1 amide bonds. The van der Waals surface area contributed by atoms with E-state index < -0.39 is 28.9 Å². The summed E-state index contributed by atoms with van der Waals surface area (Å²) >= 11 is 0. The van der Waals surface area contributed by atoms with Crippen molar-refractivity contribution < 1.29 is 27.4 Å². The highest BCUT2D eigenvalue weighted by molar-refractivity contribution is 6.07. The van der Waals surface area contributed by atoms with Crippen LogP contribution in [0.4, 0.5) is 24.5 Å². The Morgan fingerprint density at radius 2 is 1.79 bits per heavy atom. The first kappa shape index (κ1) is 20.6. The minimum atomic E-state index is -4.64. The van der Waals surface area contributed by atoms with Crippen molar-refractivity contribution >= 4 is 17.3 Å². The van der Waals surface area contributed by atoms with Crippen LogP contribution in [0.2, 0.25) is 0 Å². The van der Waals surface area contributed by atoms with Crippen molar-refractivity contribution in [3.8, 4) is 17.6 Å². The lowest BCUT2D eigenvalue weighted by atomic mass is 10.1. The average Bonchev–Trinajstić information content (AvgIpc) is 2.67. The first-order valence-electron chi connectivity index (χ1n) is 7.86. The van der Waals surface area contributed by atoms with Gasteiger partial charge >= 0.3 is 6.18 Å². The molecular weight excluding hydrogens is 375 g/mol. The van der Waals surface area contributed by atoms with Crippen LogP contribution in [-0.4, -0.2) is 20.1 Å². The molecule has 0 spiro atoms. The third-order valence-electron chi connectivity index (χ3n) is 3.61. The predicted octanol–water partition coefficient (Wildman–Crippen LogP) is 4.18. The van der Waals surface area contributed by atoms with Gasteiger partial charge in [-0.2, -0.15) is 18.4 Å². The van der Waals surface area contributed by atoms with Crippen molar-refractivity contribution in [2.45, 2.75) is 6.18 Å². The molecule has 0 aromatic heterocycles. The van der Waals surface area contributed by atoms with Crippen molar-refractivity contribution in [3.63, 3.8) is 0 Å². The van der Waals surface area contributed by atoms with Gasteiger partial charge in [-0.3, -0.25) is 4.79 Å². The number of nitrogens with one attached hydrogen (secondary N) is 2. The Hall–Kier alpha value is -3.67. The van der Waals surface area contributed by atoms with E-state index >= 15 is 0 Å². The topological polar surface area (TPSA) is 83.4 Å². The first-order chi connectivity index (χ1) is 13.3. The highest BCUT2D eigenvalue weighted by atomic mass is 19.4. The molecule has 0 heterocycles. The zero-order valence-electron chi connectivity index (χ0n) is 14.9. The minimum Gasteiger partial charge on any atom is -0.493 e. The van der Waals surface area contributed by atoms with E-state index in [1.165, 1.54) is 26.4 Å². The van der Waals surface area contributed by atoms with Crippen LogP contribution in [-0.2, 0) is 11.0 Å². The highest BCUT2D eigenvalue weighted by Crippen LogP contribution is 2.34. The molecule has 0 radical (unpaired) electrons. The Morgan fingerprint density at radius 1 is 1.11 bits per heavy atom. The number of carbonyl (C=O) groups excluding carboxylic acids is 1. The van der Waals surface area contributed by atoms with E-state index in [0.717, 1.165) is 18.3 Å². The molecule has 0 aliphatic heterocycles. The van der Waals surface area contributed by atoms with Gasteiger partial charge in [0, 0.05) is 18.0 Å². The third-order valence-corrected chi connectivity index (χ3v) is 3.61. The molecule has 6 nitrogen and oxygen atoms in total. The first-order valence-corrected chi connectivity index (χ1v) is 7.86. The van der Waals surface area contributed by atoms with Gasteiger partial charge in [0.15, 0.2) is 11.5 Å². The molecule has 2 aromatic carbocycles. The normalized spacial score (nSPS) is 11.4. The molecule has 0 saturated carbocycles. The number of benzene rings is 2. The number of amides is 1. The largest absolute Gasteiger partial charge is 0.493 e. The predicted molar refractivity (Wildman–Crippen MR) is 96.9 cm³/mol. The van der Waals surface area contributed by atoms with Gasteiger partial charge in [0.05, 0.1) is 25.5 Å². The summed E-state index contributed by atoms with van der Waals surface area (Å²) in [5, 5.41) is 14.0. The number of hydrogen-bond donors (Lipinski definition) is 2. The Bertz CT molecular complexity index is 934. The van der Waals surface area contributed by atoms with Gasteiger partial charge in [-0.05, 0) is 24.3 Å². The summed E-state index contributed by atoms with van der Waals surface area (Å²) in [5.74, 6) is -0.0748. The Labute approximate surface area is 159 Å². The average molecular weight is 391 g/mol. The monoisotopic (exact) mass is 391 g/mol. The molecule has 0 aliphatic rings. The van der Waals surface area contributed by atoms with Gasteiger partial charge in [0.1, 0.15) is 11.6 Å². The van der Waals surface area contributed by atoms with Crippen LogP contribution in [0.3, 0.4) is 0 Å². The summed E-state index contributed by atoms with van der Waals surface area (Å²) < 4.78 is 49.3. The summed E-state index contributed by atoms with van der Waals surface area (Å²) in [6.07, 6.45) is -3.55. The van der Waals surface area contributed by atoms with Crippen LogP contribution in [0.15, 0.2) is 54.2 Å². The molecule has 0 unspecified atom stereocenters. The number of methoxy groups -OCH3 is 2. The fraction of sp³-hybridized carbons (Fsp3) is 0.158. The van der Waals surface area contributed by atoms with Crippen LogP contribution in [0, 0.1) is 11.3 Å². The maximum atomic E-state index is 13.0. The fourth-order valence-electron chi connectivity index (χ4n) is 2.26.